The minimum absolute atomic E-state index is 0.142. The van der Waals surface area contributed by atoms with Gasteiger partial charge < -0.3 is 20.1 Å². The van der Waals surface area contributed by atoms with Gasteiger partial charge in [-0.15, -0.1) is 0 Å². The molecule has 1 atom stereocenters. The van der Waals surface area contributed by atoms with Crippen molar-refractivity contribution in [1.82, 2.24) is 10.6 Å². The van der Waals surface area contributed by atoms with Crippen molar-refractivity contribution in [3.8, 4) is 5.75 Å². The van der Waals surface area contributed by atoms with Crippen LogP contribution in [0.3, 0.4) is 0 Å². The van der Waals surface area contributed by atoms with Crippen LogP contribution in [0.15, 0.2) is 47.5 Å². The van der Waals surface area contributed by atoms with Gasteiger partial charge in [0.15, 0.2) is 5.96 Å². The summed E-state index contributed by atoms with van der Waals surface area (Å²) in [6.07, 6.45) is 1.09. The molecule has 1 aliphatic rings. The lowest BCUT2D eigenvalue weighted by Crippen LogP contribution is -2.37. The molecule has 2 N–H and O–H groups in total. The predicted molar refractivity (Wildman–Crippen MR) is 114 cm³/mol. The highest BCUT2D eigenvalue weighted by Gasteiger charge is 2.18. The summed E-state index contributed by atoms with van der Waals surface area (Å²) in [5.41, 5.74) is 4.78. The lowest BCUT2D eigenvalue weighted by molar-refractivity contribution is 0.140. The van der Waals surface area contributed by atoms with Gasteiger partial charge in [-0.25, -0.2) is 4.99 Å². The van der Waals surface area contributed by atoms with Gasteiger partial charge in [0.1, 0.15) is 11.9 Å². The van der Waals surface area contributed by atoms with E-state index >= 15 is 0 Å². The van der Waals surface area contributed by atoms with Crippen molar-refractivity contribution in [3.05, 3.63) is 64.7 Å². The zero-order valence-corrected chi connectivity index (χ0v) is 17.1. The fourth-order valence-electron chi connectivity index (χ4n) is 3.20. The van der Waals surface area contributed by atoms with E-state index in [1.807, 2.05) is 0 Å². The quantitative estimate of drug-likeness (QED) is 0.567. The molecule has 0 amide bonds. The van der Waals surface area contributed by atoms with Crippen LogP contribution in [-0.2, 0) is 17.8 Å². The van der Waals surface area contributed by atoms with E-state index in [-0.39, 0.29) is 6.10 Å². The Bertz CT molecular complexity index is 798. The summed E-state index contributed by atoms with van der Waals surface area (Å²) in [6.45, 7) is 9.83. The molecule has 0 aromatic heterocycles. The minimum atomic E-state index is 0.142. The second kappa shape index (κ2) is 10.1. The average Bonchev–Trinajstić information content (AvgIpc) is 3.18. The number of hydrogen-bond donors (Lipinski definition) is 2. The van der Waals surface area contributed by atoms with Gasteiger partial charge in [-0.1, -0.05) is 42.0 Å². The first-order valence-electron chi connectivity index (χ1n) is 10.1. The third-order valence-electron chi connectivity index (χ3n) is 4.70. The molecule has 5 nitrogen and oxygen atoms in total. The second-order valence-corrected chi connectivity index (χ2v) is 7.25. The molecule has 0 radical (unpaired) electrons. The zero-order valence-electron chi connectivity index (χ0n) is 17.1. The lowest BCUT2D eigenvalue weighted by atomic mass is 10.1. The van der Waals surface area contributed by atoms with Gasteiger partial charge in [-0.3, -0.25) is 0 Å². The van der Waals surface area contributed by atoms with Crippen LogP contribution in [0.1, 0.15) is 35.6 Å². The number of hydrogen-bond acceptors (Lipinski definition) is 3. The number of guanidine groups is 1. The highest BCUT2D eigenvalue weighted by Crippen LogP contribution is 2.23. The maximum absolute atomic E-state index is 6.20. The summed E-state index contributed by atoms with van der Waals surface area (Å²) in [6, 6.07) is 14.8. The largest absolute Gasteiger partial charge is 0.488 e. The average molecular weight is 382 g/mol. The standard InChI is InChI=1S/C23H31N3O2/c1-4-24-23(25-14-19-7-5-6-17(2)12-19)26-15-20-9-8-18(3)13-22(20)28-21-10-11-27-16-21/h5-9,12-13,21H,4,10-11,14-16H2,1-3H3,(H2,24,25,26). The van der Waals surface area contributed by atoms with E-state index in [1.54, 1.807) is 0 Å². The van der Waals surface area contributed by atoms with E-state index in [4.69, 9.17) is 14.5 Å². The van der Waals surface area contributed by atoms with E-state index in [9.17, 15) is 0 Å². The topological polar surface area (TPSA) is 54.9 Å². The fraction of sp³-hybridized carbons (Fsp3) is 0.435. The zero-order chi connectivity index (χ0) is 19.8. The first-order chi connectivity index (χ1) is 13.6. The first-order valence-corrected chi connectivity index (χ1v) is 10.1. The van der Waals surface area contributed by atoms with Crippen LogP contribution in [0.25, 0.3) is 0 Å². The van der Waals surface area contributed by atoms with Crippen LogP contribution in [0, 0.1) is 13.8 Å². The Morgan fingerprint density at radius 2 is 2.00 bits per heavy atom. The van der Waals surface area contributed by atoms with E-state index in [0.717, 1.165) is 36.8 Å². The maximum atomic E-state index is 6.20. The number of aryl methyl sites for hydroxylation is 2. The third kappa shape index (κ3) is 5.99. The molecule has 0 bridgehead atoms. The van der Waals surface area contributed by atoms with E-state index in [0.29, 0.717) is 19.7 Å². The molecule has 28 heavy (non-hydrogen) atoms. The summed E-state index contributed by atoms with van der Waals surface area (Å²) in [5.74, 6) is 1.73. The Labute approximate surface area is 168 Å². The number of rotatable bonds is 7. The van der Waals surface area contributed by atoms with Crippen LogP contribution in [0.4, 0.5) is 0 Å². The summed E-state index contributed by atoms with van der Waals surface area (Å²) in [7, 11) is 0. The van der Waals surface area contributed by atoms with Crippen LogP contribution in [0.5, 0.6) is 5.75 Å². The summed E-state index contributed by atoms with van der Waals surface area (Å²) < 4.78 is 11.6. The van der Waals surface area contributed by atoms with Crippen LogP contribution in [0.2, 0.25) is 0 Å². The number of nitrogens with one attached hydrogen (secondary N) is 2. The molecule has 0 spiro atoms. The van der Waals surface area contributed by atoms with Crippen molar-refractivity contribution < 1.29 is 9.47 Å². The number of ether oxygens (including phenoxy) is 2. The minimum Gasteiger partial charge on any atom is -0.488 e. The van der Waals surface area contributed by atoms with E-state index in [2.05, 4.69) is 73.9 Å². The monoisotopic (exact) mass is 381 g/mol. The third-order valence-corrected chi connectivity index (χ3v) is 4.70. The van der Waals surface area contributed by atoms with Gasteiger partial charge in [0.05, 0.1) is 19.8 Å². The SMILES string of the molecule is CCNC(=NCc1cccc(C)c1)NCc1ccc(C)cc1OC1CCOC1. The molecule has 1 aliphatic heterocycles. The number of aliphatic imine (C=N–C) groups is 1. The van der Waals surface area contributed by atoms with Crippen molar-refractivity contribution in [2.45, 2.75) is 46.4 Å². The molecule has 2 aromatic rings. The molecule has 3 rings (SSSR count). The van der Waals surface area contributed by atoms with Crippen LogP contribution >= 0.6 is 0 Å². The molecule has 0 saturated carbocycles. The Balaban J connectivity index is 1.66. The maximum Gasteiger partial charge on any atom is 0.191 e. The molecule has 2 aromatic carbocycles. The normalized spacial score (nSPS) is 16.8. The molecule has 1 unspecified atom stereocenters. The van der Waals surface area contributed by atoms with Crippen LogP contribution < -0.4 is 15.4 Å². The van der Waals surface area contributed by atoms with Crippen molar-refractivity contribution in [2.75, 3.05) is 19.8 Å². The molecule has 1 fully saturated rings. The highest BCUT2D eigenvalue weighted by molar-refractivity contribution is 5.79. The van der Waals surface area contributed by atoms with Crippen molar-refractivity contribution in [1.29, 1.82) is 0 Å². The van der Waals surface area contributed by atoms with Crippen molar-refractivity contribution >= 4 is 5.96 Å². The Hall–Kier alpha value is -2.53. The molecular formula is C23H31N3O2. The molecule has 1 saturated heterocycles. The Kier molecular flexibility index (Phi) is 7.31. The molecule has 5 heteroatoms. The van der Waals surface area contributed by atoms with Crippen molar-refractivity contribution in [3.63, 3.8) is 0 Å². The van der Waals surface area contributed by atoms with Gasteiger partial charge in [-0.05, 0) is 38.0 Å². The molecule has 150 valence electrons. The van der Waals surface area contributed by atoms with Crippen LogP contribution in [-0.4, -0.2) is 31.8 Å². The van der Waals surface area contributed by atoms with Gasteiger partial charge in [0.25, 0.3) is 0 Å². The van der Waals surface area contributed by atoms with Crippen molar-refractivity contribution in [2.24, 2.45) is 4.99 Å². The Morgan fingerprint density at radius 1 is 1.14 bits per heavy atom. The van der Waals surface area contributed by atoms with E-state index < -0.39 is 0 Å². The smallest absolute Gasteiger partial charge is 0.191 e. The number of nitrogens with zero attached hydrogens (tertiary/aromatic N) is 1. The summed E-state index contributed by atoms with van der Waals surface area (Å²) >= 11 is 0. The fourth-order valence-corrected chi connectivity index (χ4v) is 3.20. The predicted octanol–water partition coefficient (Wildman–Crippen LogP) is 3.73. The molecular weight excluding hydrogens is 350 g/mol. The summed E-state index contributed by atoms with van der Waals surface area (Å²) in [4.78, 5) is 4.72. The second-order valence-electron chi connectivity index (χ2n) is 7.25. The molecule has 1 heterocycles. The highest BCUT2D eigenvalue weighted by atomic mass is 16.5. The Morgan fingerprint density at radius 3 is 2.75 bits per heavy atom. The van der Waals surface area contributed by atoms with Gasteiger partial charge in [0, 0.05) is 25.1 Å². The van der Waals surface area contributed by atoms with E-state index in [1.165, 1.54) is 16.7 Å². The first kappa shape index (κ1) is 20.2. The number of benzene rings is 2. The lowest BCUT2D eigenvalue weighted by Gasteiger charge is -2.18. The molecule has 0 aliphatic carbocycles. The summed E-state index contributed by atoms with van der Waals surface area (Å²) in [5, 5.41) is 6.75. The van der Waals surface area contributed by atoms with Gasteiger partial charge >= 0.3 is 0 Å². The van der Waals surface area contributed by atoms with Gasteiger partial charge in [0.2, 0.25) is 0 Å². The van der Waals surface area contributed by atoms with Gasteiger partial charge in [-0.2, -0.15) is 0 Å².